The van der Waals surface area contributed by atoms with Gasteiger partial charge in [0.25, 0.3) is 5.91 Å². The molecular weight excluding hydrogens is 338 g/mol. The lowest BCUT2D eigenvalue weighted by molar-refractivity contribution is 0.102. The predicted molar refractivity (Wildman–Crippen MR) is 85.6 cm³/mol. The van der Waals surface area contributed by atoms with E-state index in [0.717, 1.165) is 18.5 Å². The first-order valence-corrected chi connectivity index (χ1v) is 7.69. The summed E-state index contributed by atoms with van der Waals surface area (Å²) >= 11 is 9.25. The Balaban J connectivity index is 1.82. The molecule has 0 spiro atoms. The summed E-state index contributed by atoms with van der Waals surface area (Å²) in [5, 5.41) is 3.54. The van der Waals surface area contributed by atoms with Gasteiger partial charge in [-0.2, -0.15) is 0 Å². The van der Waals surface area contributed by atoms with Crippen molar-refractivity contribution in [2.75, 3.05) is 5.32 Å². The Hall–Kier alpha value is -1.32. The van der Waals surface area contributed by atoms with Crippen LogP contribution in [0.1, 0.15) is 27.9 Å². The Morgan fingerprint density at radius 3 is 2.70 bits per heavy atom. The zero-order valence-corrected chi connectivity index (χ0v) is 13.1. The lowest BCUT2D eigenvalue weighted by atomic mass is 10.1. The fourth-order valence-electron chi connectivity index (χ4n) is 2.52. The average molecular weight is 351 g/mol. The maximum atomic E-state index is 12.3. The molecule has 0 fully saturated rings. The fourth-order valence-corrected chi connectivity index (χ4v) is 3.38. The highest BCUT2D eigenvalue weighted by Gasteiger charge is 2.14. The zero-order valence-electron chi connectivity index (χ0n) is 10.7. The van der Waals surface area contributed by atoms with E-state index >= 15 is 0 Å². The number of amides is 1. The Bertz CT molecular complexity index is 684. The van der Waals surface area contributed by atoms with E-state index in [1.807, 2.05) is 6.07 Å². The minimum Gasteiger partial charge on any atom is -0.322 e. The van der Waals surface area contributed by atoms with Crippen LogP contribution in [0.3, 0.4) is 0 Å². The molecule has 0 aromatic heterocycles. The highest BCUT2D eigenvalue weighted by molar-refractivity contribution is 9.10. The number of rotatable bonds is 2. The molecule has 0 bridgehead atoms. The van der Waals surface area contributed by atoms with Gasteiger partial charge in [-0.05, 0) is 76.7 Å². The molecule has 2 aromatic rings. The molecule has 20 heavy (non-hydrogen) atoms. The molecule has 2 aromatic carbocycles. The first-order valence-electron chi connectivity index (χ1n) is 6.52. The smallest absolute Gasteiger partial charge is 0.256 e. The Kier molecular flexibility index (Phi) is 3.81. The minimum absolute atomic E-state index is 0.133. The first kappa shape index (κ1) is 13.7. The van der Waals surface area contributed by atoms with E-state index in [2.05, 4.69) is 33.4 Å². The van der Waals surface area contributed by atoms with Gasteiger partial charge in [-0.15, -0.1) is 0 Å². The molecule has 2 nitrogen and oxygen atoms in total. The van der Waals surface area contributed by atoms with Crippen molar-refractivity contribution in [1.82, 2.24) is 0 Å². The van der Waals surface area contributed by atoms with Gasteiger partial charge in [-0.1, -0.05) is 17.7 Å². The number of benzene rings is 2. The Labute approximate surface area is 131 Å². The van der Waals surface area contributed by atoms with Crippen LogP contribution >= 0.6 is 27.5 Å². The highest BCUT2D eigenvalue weighted by Crippen LogP contribution is 2.26. The van der Waals surface area contributed by atoms with Gasteiger partial charge in [0.05, 0.1) is 5.56 Å². The molecule has 1 aliphatic rings. The highest BCUT2D eigenvalue weighted by atomic mass is 79.9. The van der Waals surface area contributed by atoms with Crippen LogP contribution in [0.4, 0.5) is 5.69 Å². The second-order valence-corrected chi connectivity index (χ2v) is 6.21. The molecule has 0 saturated heterocycles. The Morgan fingerprint density at radius 2 is 1.90 bits per heavy atom. The van der Waals surface area contributed by atoms with E-state index < -0.39 is 0 Å². The molecule has 0 atom stereocenters. The number of halogens is 2. The summed E-state index contributed by atoms with van der Waals surface area (Å²) in [4.78, 5) is 12.3. The van der Waals surface area contributed by atoms with Crippen molar-refractivity contribution in [2.24, 2.45) is 0 Å². The molecule has 1 amide bonds. The predicted octanol–water partition coefficient (Wildman–Crippen LogP) is 4.84. The summed E-state index contributed by atoms with van der Waals surface area (Å²) in [5.41, 5.74) is 4.17. The molecule has 102 valence electrons. The minimum atomic E-state index is -0.133. The molecule has 0 unspecified atom stereocenters. The van der Waals surface area contributed by atoms with Crippen LogP contribution in [0.5, 0.6) is 0 Å². The van der Waals surface area contributed by atoms with Crippen LogP contribution in [-0.4, -0.2) is 5.91 Å². The van der Waals surface area contributed by atoms with Gasteiger partial charge in [-0.3, -0.25) is 4.79 Å². The van der Waals surface area contributed by atoms with Crippen molar-refractivity contribution in [1.29, 1.82) is 0 Å². The Morgan fingerprint density at radius 1 is 1.10 bits per heavy atom. The molecular formula is C16H13BrClNO. The van der Waals surface area contributed by atoms with Crippen LogP contribution in [0, 0.1) is 0 Å². The van der Waals surface area contributed by atoms with Gasteiger partial charge in [0.15, 0.2) is 0 Å². The largest absolute Gasteiger partial charge is 0.322 e. The van der Waals surface area contributed by atoms with Gasteiger partial charge in [0.2, 0.25) is 0 Å². The number of fused-ring (bicyclic) bond motifs is 1. The van der Waals surface area contributed by atoms with E-state index in [4.69, 9.17) is 11.6 Å². The van der Waals surface area contributed by atoms with Crippen LogP contribution in [0.15, 0.2) is 40.9 Å². The number of carbonyl (C=O) groups is 1. The van der Waals surface area contributed by atoms with E-state index in [-0.39, 0.29) is 5.91 Å². The maximum absolute atomic E-state index is 12.3. The topological polar surface area (TPSA) is 29.1 Å². The van der Waals surface area contributed by atoms with Crippen molar-refractivity contribution in [3.8, 4) is 0 Å². The van der Waals surface area contributed by atoms with Crippen LogP contribution in [0.2, 0.25) is 5.02 Å². The second kappa shape index (κ2) is 5.58. The first-order chi connectivity index (χ1) is 9.63. The number of nitrogens with one attached hydrogen (secondary N) is 1. The van der Waals surface area contributed by atoms with E-state index in [1.165, 1.54) is 17.5 Å². The van der Waals surface area contributed by atoms with Crippen LogP contribution < -0.4 is 5.32 Å². The summed E-state index contributed by atoms with van der Waals surface area (Å²) in [6.07, 6.45) is 3.45. The van der Waals surface area contributed by atoms with Gasteiger partial charge in [-0.25, -0.2) is 0 Å². The molecule has 0 heterocycles. The lowest BCUT2D eigenvalue weighted by Crippen LogP contribution is -2.12. The van der Waals surface area contributed by atoms with Crippen molar-refractivity contribution in [3.05, 3.63) is 62.6 Å². The SMILES string of the molecule is O=C(Nc1ccc2c(c1)CCC2)c1ccc(Cl)cc1Br. The van der Waals surface area contributed by atoms with Gasteiger partial charge < -0.3 is 5.32 Å². The van der Waals surface area contributed by atoms with E-state index in [1.54, 1.807) is 18.2 Å². The van der Waals surface area contributed by atoms with Crippen molar-refractivity contribution >= 4 is 39.1 Å². The number of carbonyl (C=O) groups excluding carboxylic acids is 1. The second-order valence-electron chi connectivity index (χ2n) is 4.92. The fraction of sp³-hybridized carbons (Fsp3) is 0.188. The molecule has 0 saturated carbocycles. The third kappa shape index (κ3) is 2.74. The zero-order chi connectivity index (χ0) is 14.1. The number of anilines is 1. The van der Waals surface area contributed by atoms with Gasteiger partial charge in [0, 0.05) is 15.2 Å². The molecule has 0 radical (unpaired) electrons. The molecule has 0 aliphatic heterocycles. The molecule has 1 aliphatic carbocycles. The lowest BCUT2D eigenvalue weighted by Gasteiger charge is -2.09. The standard InChI is InChI=1S/C16H13BrClNO/c17-15-9-12(18)5-7-14(15)16(20)19-13-6-4-10-2-1-3-11(10)8-13/h4-9H,1-3H2,(H,19,20). The van der Waals surface area contributed by atoms with Crippen molar-refractivity contribution < 1.29 is 4.79 Å². The number of aryl methyl sites for hydroxylation is 2. The maximum Gasteiger partial charge on any atom is 0.256 e. The van der Waals surface area contributed by atoms with Crippen molar-refractivity contribution in [3.63, 3.8) is 0 Å². The van der Waals surface area contributed by atoms with Gasteiger partial charge in [0.1, 0.15) is 0 Å². The summed E-state index contributed by atoms with van der Waals surface area (Å²) in [7, 11) is 0. The third-order valence-electron chi connectivity index (χ3n) is 3.53. The third-order valence-corrected chi connectivity index (χ3v) is 4.42. The summed E-state index contributed by atoms with van der Waals surface area (Å²) in [5.74, 6) is -0.133. The normalized spacial score (nSPS) is 13.1. The summed E-state index contributed by atoms with van der Waals surface area (Å²) in [6, 6.07) is 11.3. The summed E-state index contributed by atoms with van der Waals surface area (Å²) < 4.78 is 0.698. The van der Waals surface area contributed by atoms with Crippen molar-refractivity contribution in [2.45, 2.75) is 19.3 Å². The number of hydrogen-bond donors (Lipinski definition) is 1. The van der Waals surface area contributed by atoms with E-state index in [9.17, 15) is 4.79 Å². The molecule has 4 heteroatoms. The average Bonchev–Trinajstić information content (AvgIpc) is 2.85. The monoisotopic (exact) mass is 349 g/mol. The van der Waals surface area contributed by atoms with E-state index in [0.29, 0.717) is 15.1 Å². The molecule has 1 N–H and O–H groups in total. The summed E-state index contributed by atoms with van der Waals surface area (Å²) in [6.45, 7) is 0. The number of hydrogen-bond acceptors (Lipinski definition) is 1. The van der Waals surface area contributed by atoms with Crippen LogP contribution in [0.25, 0.3) is 0 Å². The van der Waals surface area contributed by atoms with Gasteiger partial charge >= 0.3 is 0 Å². The molecule has 3 rings (SSSR count). The quantitative estimate of drug-likeness (QED) is 0.824. The van der Waals surface area contributed by atoms with Crippen LogP contribution in [-0.2, 0) is 12.8 Å².